The highest BCUT2D eigenvalue weighted by molar-refractivity contribution is 6.12. The molecule has 224 valence electrons. The smallest absolute Gasteiger partial charge is 0.113 e. The Balaban J connectivity index is 1.29. The summed E-state index contributed by atoms with van der Waals surface area (Å²) in [6.07, 6.45) is 0. The molecule has 7 aromatic carbocycles. The summed E-state index contributed by atoms with van der Waals surface area (Å²) < 4.78 is 2.41. The predicted molar refractivity (Wildman–Crippen MR) is 198 cm³/mol. The molecule has 3 heteroatoms. The van der Waals surface area contributed by atoms with Crippen LogP contribution < -0.4 is 0 Å². The zero-order valence-corrected chi connectivity index (χ0v) is 26.1. The van der Waals surface area contributed by atoms with E-state index >= 15 is 0 Å². The van der Waals surface area contributed by atoms with Crippen molar-refractivity contribution in [2.24, 2.45) is 0 Å². The standard InChI is InChI=1S/C45H29N3/c1-4-15-29(16-5-1)42-34-23-11-10-21-32(34)35-27-36-33-22-12-13-25-39(33)48(41(36)28-37(35)42)40-26-14-24-38-45(40)47-44(31-19-8-3-9-20-31)43(46-38)30-17-6-2-7-18-30/h1-28,42H. The summed E-state index contributed by atoms with van der Waals surface area (Å²) >= 11 is 0. The number of fused-ring (bicyclic) bond motifs is 7. The molecule has 3 nitrogen and oxygen atoms in total. The lowest BCUT2D eigenvalue weighted by atomic mass is 9.89. The molecular weight excluding hydrogens is 583 g/mol. The van der Waals surface area contributed by atoms with E-state index in [0.717, 1.165) is 44.8 Å². The number of hydrogen-bond donors (Lipinski definition) is 0. The number of hydrogen-bond acceptors (Lipinski definition) is 2. The van der Waals surface area contributed by atoms with E-state index in [-0.39, 0.29) is 5.92 Å². The van der Waals surface area contributed by atoms with Crippen molar-refractivity contribution in [1.82, 2.24) is 14.5 Å². The third-order valence-electron chi connectivity index (χ3n) is 9.86. The summed E-state index contributed by atoms with van der Waals surface area (Å²) in [5, 5.41) is 2.46. The van der Waals surface area contributed by atoms with Crippen LogP contribution in [0.1, 0.15) is 22.6 Å². The zero-order chi connectivity index (χ0) is 31.6. The molecule has 1 aliphatic rings. The Morgan fingerprint density at radius 2 is 1.08 bits per heavy atom. The van der Waals surface area contributed by atoms with Gasteiger partial charge in [0.1, 0.15) is 5.52 Å². The second-order valence-electron chi connectivity index (χ2n) is 12.5. The molecule has 0 saturated carbocycles. The first-order valence-corrected chi connectivity index (χ1v) is 16.5. The lowest BCUT2D eigenvalue weighted by Gasteiger charge is -2.16. The van der Waals surface area contributed by atoms with Crippen LogP contribution in [-0.4, -0.2) is 14.5 Å². The molecule has 48 heavy (non-hydrogen) atoms. The number of nitrogens with zero attached hydrogens (tertiary/aromatic N) is 3. The van der Waals surface area contributed by atoms with E-state index in [1.54, 1.807) is 0 Å². The fraction of sp³-hybridized carbons (Fsp3) is 0.0222. The lowest BCUT2D eigenvalue weighted by Crippen LogP contribution is -2.02. The fourth-order valence-electron chi connectivity index (χ4n) is 7.77. The van der Waals surface area contributed by atoms with Gasteiger partial charge in [0.05, 0.1) is 33.6 Å². The van der Waals surface area contributed by atoms with E-state index in [1.807, 2.05) is 12.1 Å². The van der Waals surface area contributed by atoms with Crippen molar-refractivity contribution in [2.45, 2.75) is 5.92 Å². The molecule has 0 amide bonds. The van der Waals surface area contributed by atoms with Gasteiger partial charge < -0.3 is 4.57 Å². The highest BCUT2D eigenvalue weighted by Gasteiger charge is 2.31. The van der Waals surface area contributed by atoms with Crippen molar-refractivity contribution < 1.29 is 0 Å². The molecule has 0 fully saturated rings. The van der Waals surface area contributed by atoms with Gasteiger partial charge >= 0.3 is 0 Å². The van der Waals surface area contributed by atoms with Gasteiger partial charge in [0, 0.05) is 27.8 Å². The van der Waals surface area contributed by atoms with Crippen LogP contribution in [0.5, 0.6) is 0 Å². The van der Waals surface area contributed by atoms with E-state index in [0.29, 0.717) is 0 Å². The van der Waals surface area contributed by atoms with Gasteiger partial charge in [-0.2, -0.15) is 0 Å². The summed E-state index contributed by atoms with van der Waals surface area (Å²) in [6, 6.07) is 60.6. The Morgan fingerprint density at radius 3 is 1.85 bits per heavy atom. The quantitative estimate of drug-likeness (QED) is 0.198. The minimum Gasteiger partial charge on any atom is -0.307 e. The molecule has 0 aliphatic heterocycles. The van der Waals surface area contributed by atoms with Gasteiger partial charge in [0.15, 0.2) is 0 Å². The van der Waals surface area contributed by atoms with Crippen molar-refractivity contribution in [1.29, 1.82) is 0 Å². The van der Waals surface area contributed by atoms with E-state index < -0.39 is 0 Å². The first-order valence-electron chi connectivity index (χ1n) is 16.5. The van der Waals surface area contributed by atoms with Crippen LogP contribution in [-0.2, 0) is 0 Å². The Hall–Kier alpha value is -6.32. The molecule has 0 spiro atoms. The Bertz CT molecular complexity index is 2660. The molecule has 2 heterocycles. The van der Waals surface area contributed by atoms with Crippen LogP contribution >= 0.6 is 0 Å². The monoisotopic (exact) mass is 611 g/mol. The van der Waals surface area contributed by atoms with Crippen LogP contribution in [0.3, 0.4) is 0 Å². The Kier molecular flexibility index (Phi) is 5.94. The Labute approximate surface area is 278 Å². The maximum atomic E-state index is 5.48. The predicted octanol–water partition coefficient (Wildman–Crippen LogP) is 11.2. The van der Waals surface area contributed by atoms with Crippen LogP contribution in [0.4, 0.5) is 0 Å². The van der Waals surface area contributed by atoms with Gasteiger partial charge in [-0.25, -0.2) is 9.97 Å². The number of rotatable bonds is 4. The van der Waals surface area contributed by atoms with Crippen molar-refractivity contribution in [3.05, 3.63) is 187 Å². The second-order valence-corrected chi connectivity index (χ2v) is 12.5. The molecule has 1 atom stereocenters. The molecular formula is C45H29N3. The van der Waals surface area contributed by atoms with Gasteiger partial charge in [-0.15, -0.1) is 0 Å². The van der Waals surface area contributed by atoms with Gasteiger partial charge in [0.25, 0.3) is 0 Å². The Morgan fingerprint density at radius 1 is 0.438 bits per heavy atom. The minimum absolute atomic E-state index is 0.165. The zero-order valence-electron chi connectivity index (χ0n) is 26.1. The lowest BCUT2D eigenvalue weighted by molar-refractivity contribution is 1.01. The van der Waals surface area contributed by atoms with Crippen molar-refractivity contribution in [3.8, 4) is 39.3 Å². The molecule has 9 aromatic rings. The highest BCUT2D eigenvalue weighted by atomic mass is 15.0. The van der Waals surface area contributed by atoms with E-state index in [1.165, 1.54) is 44.1 Å². The summed E-state index contributed by atoms with van der Waals surface area (Å²) in [5.74, 6) is 0.165. The first kappa shape index (κ1) is 26.9. The maximum absolute atomic E-state index is 5.48. The average Bonchev–Trinajstić information content (AvgIpc) is 3.66. The fourth-order valence-corrected chi connectivity index (χ4v) is 7.77. The maximum Gasteiger partial charge on any atom is 0.113 e. The van der Waals surface area contributed by atoms with Gasteiger partial charge in [-0.05, 0) is 58.1 Å². The summed E-state index contributed by atoms with van der Waals surface area (Å²) in [7, 11) is 0. The molecule has 0 bridgehead atoms. The number of aromatic nitrogens is 3. The van der Waals surface area contributed by atoms with Gasteiger partial charge in [-0.1, -0.05) is 140 Å². The van der Waals surface area contributed by atoms with Gasteiger partial charge in [-0.3, -0.25) is 0 Å². The number of benzene rings is 7. The average molecular weight is 612 g/mol. The van der Waals surface area contributed by atoms with Crippen LogP contribution in [0.2, 0.25) is 0 Å². The summed E-state index contributed by atoms with van der Waals surface area (Å²) in [4.78, 5) is 10.8. The molecule has 1 aliphatic carbocycles. The molecule has 2 aromatic heterocycles. The molecule has 0 N–H and O–H groups in total. The minimum atomic E-state index is 0.165. The molecule has 1 unspecified atom stereocenters. The number of para-hydroxylation sites is 2. The van der Waals surface area contributed by atoms with E-state index in [9.17, 15) is 0 Å². The third-order valence-corrected chi connectivity index (χ3v) is 9.86. The molecule has 10 rings (SSSR count). The highest BCUT2D eigenvalue weighted by Crippen LogP contribution is 2.50. The van der Waals surface area contributed by atoms with Crippen LogP contribution in [0.15, 0.2) is 170 Å². The van der Waals surface area contributed by atoms with Crippen molar-refractivity contribution in [2.75, 3.05) is 0 Å². The topological polar surface area (TPSA) is 30.7 Å². The molecule has 0 radical (unpaired) electrons. The van der Waals surface area contributed by atoms with Crippen LogP contribution in [0, 0.1) is 0 Å². The van der Waals surface area contributed by atoms with E-state index in [4.69, 9.17) is 9.97 Å². The second kappa shape index (κ2) is 10.6. The van der Waals surface area contributed by atoms with Crippen molar-refractivity contribution >= 4 is 32.8 Å². The largest absolute Gasteiger partial charge is 0.307 e. The summed E-state index contributed by atoms with van der Waals surface area (Å²) in [6.45, 7) is 0. The van der Waals surface area contributed by atoms with Crippen LogP contribution in [0.25, 0.3) is 72.2 Å². The SMILES string of the molecule is c1ccc(-c2nc3cccc(-n4c5ccccc5c5cc6c(cc54)C(c4ccccc4)c4ccccc4-6)c3nc2-c2ccccc2)cc1. The molecule has 0 saturated heterocycles. The first-order chi connectivity index (χ1) is 23.8. The van der Waals surface area contributed by atoms with Crippen molar-refractivity contribution in [3.63, 3.8) is 0 Å². The van der Waals surface area contributed by atoms with E-state index in [2.05, 4.69) is 162 Å². The normalized spacial score (nSPS) is 13.6. The van der Waals surface area contributed by atoms with Gasteiger partial charge in [0.2, 0.25) is 0 Å². The third kappa shape index (κ3) is 4.01. The summed E-state index contributed by atoms with van der Waals surface area (Å²) in [5.41, 5.74) is 15.6.